The third-order valence-corrected chi connectivity index (χ3v) is 4.31. The van der Waals surface area contributed by atoms with Crippen LogP contribution in [0.4, 0.5) is 0 Å². The van der Waals surface area contributed by atoms with Crippen molar-refractivity contribution in [2.75, 3.05) is 6.54 Å². The van der Waals surface area contributed by atoms with Gasteiger partial charge in [-0.1, -0.05) is 11.6 Å². The molecule has 92 valence electrons. The molecule has 0 fully saturated rings. The Kier molecular flexibility index (Phi) is 2.23. The van der Waals surface area contributed by atoms with Crippen LogP contribution in [0.25, 0.3) is 4.96 Å². The number of hydrogen-bond acceptors (Lipinski definition) is 4. The molecule has 1 unspecified atom stereocenters. The zero-order valence-corrected chi connectivity index (χ0v) is 10.9. The molecule has 5 nitrogen and oxygen atoms in total. The Balaban J connectivity index is 1.94. The lowest BCUT2D eigenvalue weighted by molar-refractivity contribution is 0.541. The second-order valence-electron chi connectivity index (χ2n) is 4.25. The molecule has 0 radical (unpaired) electrons. The number of nitrogens with one attached hydrogen (secondary N) is 2. The molecule has 0 bridgehead atoms. The molecule has 18 heavy (non-hydrogen) atoms. The first-order valence-corrected chi connectivity index (χ1v) is 6.97. The molecule has 0 saturated heterocycles. The van der Waals surface area contributed by atoms with Crippen LogP contribution in [0.2, 0.25) is 5.15 Å². The maximum atomic E-state index is 6.27. The summed E-state index contributed by atoms with van der Waals surface area (Å²) >= 11 is 7.85. The molecule has 3 aromatic rings. The highest BCUT2D eigenvalue weighted by atomic mass is 35.5. The van der Waals surface area contributed by atoms with Crippen molar-refractivity contribution in [3.63, 3.8) is 0 Å². The Morgan fingerprint density at radius 1 is 1.50 bits per heavy atom. The largest absolute Gasteiger partial charge is 0.348 e. The molecule has 1 atom stereocenters. The summed E-state index contributed by atoms with van der Waals surface area (Å²) in [4.78, 5) is 12.9. The van der Waals surface area contributed by atoms with E-state index in [1.165, 1.54) is 5.69 Å². The number of thiazole rings is 1. The molecule has 0 spiro atoms. The fraction of sp³-hybridized carbons (Fsp3) is 0.273. The average Bonchev–Trinajstić information content (AvgIpc) is 3.02. The minimum Gasteiger partial charge on any atom is -0.348 e. The van der Waals surface area contributed by atoms with Crippen LogP contribution in [0.3, 0.4) is 0 Å². The van der Waals surface area contributed by atoms with E-state index >= 15 is 0 Å². The first-order valence-electron chi connectivity index (χ1n) is 5.71. The highest BCUT2D eigenvalue weighted by Crippen LogP contribution is 2.32. The fourth-order valence-corrected chi connectivity index (χ4v) is 3.53. The zero-order valence-electron chi connectivity index (χ0n) is 9.35. The average molecular weight is 280 g/mol. The number of fused-ring (bicyclic) bond motifs is 2. The molecule has 0 saturated carbocycles. The van der Waals surface area contributed by atoms with E-state index in [9.17, 15) is 0 Å². The number of nitrogens with zero attached hydrogens (tertiary/aromatic N) is 3. The van der Waals surface area contributed by atoms with Crippen LogP contribution in [-0.2, 0) is 6.42 Å². The third kappa shape index (κ3) is 1.36. The molecule has 0 aliphatic carbocycles. The van der Waals surface area contributed by atoms with E-state index in [1.807, 2.05) is 16.0 Å². The second-order valence-corrected chi connectivity index (χ2v) is 5.48. The van der Waals surface area contributed by atoms with Gasteiger partial charge < -0.3 is 10.3 Å². The molecular formula is C11H10ClN5S. The first-order chi connectivity index (χ1) is 8.84. The van der Waals surface area contributed by atoms with Gasteiger partial charge in [0.25, 0.3) is 0 Å². The number of halogens is 1. The molecule has 7 heteroatoms. The lowest BCUT2D eigenvalue weighted by atomic mass is 10.0. The third-order valence-electron chi connectivity index (χ3n) is 3.28. The summed E-state index contributed by atoms with van der Waals surface area (Å²) in [6.07, 6.45) is 4.70. The zero-order chi connectivity index (χ0) is 12.1. The second kappa shape index (κ2) is 3.81. The van der Waals surface area contributed by atoms with Gasteiger partial charge in [-0.15, -0.1) is 11.3 Å². The summed E-state index contributed by atoms with van der Waals surface area (Å²) in [5.41, 5.74) is 3.18. The summed E-state index contributed by atoms with van der Waals surface area (Å²) in [5, 5.41) is 6.02. The molecule has 3 aromatic heterocycles. The normalized spacial score (nSPS) is 19.3. The SMILES string of the molecule is Clc1nc2sccn2c1C1NCCc2[nH]cnc21. The van der Waals surface area contributed by atoms with Crippen molar-refractivity contribution >= 4 is 27.9 Å². The van der Waals surface area contributed by atoms with Crippen molar-refractivity contribution in [3.05, 3.63) is 40.1 Å². The van der Waals surface area contributed by atoms with Crippen molar-refractivity contribution in [2.24, 2.45) is 0 Å². The van der Waals surface area contributed by atoms with Crippen LogP contribution in [0.5, 0.6) is 0 Å². The molecule has 4 heterocycles. The van der Waals surface area contributed by atoms with Crippen molar-refractivity contribution < 1.29 is 0 Å². The van der Waals surface area contributed by atoms with Crippen molar-refractivity contribution in [1.29, 1.82) is 0 Å². The fourth-order valence-electron chi connectivity index (χ4n) is 2.48. The van der Waals surface area contributed by atoms with E-state index in [-0.39, 0.29) is 6.04 Å². The maximum Gasteiger partial charge on any atom is 0.195 e. The van der Waals surface area contributed by atoms with Crippen molar-refractivity contribution in [1.82, 2.24) is 24.7 Å². The van der Waals surface area contributed by atoms with E-state index in [0.29, 0.717) is 5.15 Å². The van der Waals surface area contributed by atoms with Gasteiger partial charge in [0.2, 0.25) is 0 Å². The number of aromatic nitrogens is 4. The Morgan fingerprint density at radius 2 is 2.44 bits per heavy atom. The Bertz CT molecular complexity index is 712. The van der Waals surface area contributed by atoms with Crippen LogP contribution < -0.4 is 5.32 Å². The van der Waals surface area contributed by atoms with Gasteiger partial charge in [0.1, 0.15) is 0 Å². The number of H-pyrrole nitrogens is 1. The lowest BCUT2D eigenvalue weighted by Crippen LogP contribution is -2.31. The Hall–Kier alpha value is -1.37. The summed E-state index contributed by atoms with van der Waals surface area (Å²) in [5.74, 6) is 0. The summed E-state index contributed by atoms with van der Waals surface area (Å²) in [6.45, 7) is 0.910. The number of rotatable bonds is 1. The number of hydrogen-bond donors (Lipinski definition) is 2. The van der Waals surface area contributed by atoms with E-state index in [0.717, 1.165) is 29.3 Å². The lowest BCUT2D eigenvalue weighted by Gasteiger charge is -2.22. The quantitative estimate of drug-likeness (QED) is 0.716. The molecule has 0 aromatic carbocycles. The summed E-state index contributed by atoms with van der Waals surface area (Å²) in [7, 11) is 0. The summed E-state index contributed by atoms with van der Waals surface area (Å²) < 4.78 is 2.04. The van der Waals surface area contributed by atoms with E-state index in [1.54, 1.807) is 17.7 Å². The predicted molar refractivity (Wildman–Crippen MR) is 70.2 cm³/mol. The molecule has 0 amide bonds. The molecule has 1 aliphatic rings. The number of aromatic amines is 1. The minimum atomic E-state index is 0.0112. The van der Waals surface area contributed by atoms with Gasteiger partial charge in [-0.3, -0.25) is 4.40 Å². The predicted octanol–water partition coefficient (Wildman–Crippen LogP) is 2.01. The maximum absolute atomic E-state index is 6.27. The van der Waals surface area contributed by atoms with Gasteiger partial charge in [0.15, 0.2) is 10.1 Å². The van der Waals surface area contributed by atoms with Crippen molar-refractivity contribution in [2.45, 2.75) is 12.5 Å². The standard InChI is InChI=1S/C11H10ClN5S/c12-10-9(17-3-4-18-11(17)16-10)8-7-6(1-2-13-8)14-5-15-7/h3-5,8,13H,1-2H2,(H,14,15). The van der Waals surface area contributed by atoms with Crippen LogP contribution >= 0.6 is 22.9 Å². The smallest absolute Gasteiger partial charge is 0.195 e. The van der Waals surface area contributed by atoms with Gasteiger partial charge in [-0.2, -0.15) is 0 Å². The Morgan fingerprint density at radius 3 is 3.39 bits per heavy atom. The van der Waals surface area contributed by atoms with E-state index < -0.39 is 0 Å². The summed E-state index contributed by atoms with van der Waals surface area (Å²) in [6, 6.07) is 0.0112. The van der Waals surface area contributed by atoms with Gasteiger partial charge >= 0.3 is 0 Å². The number of imidazole rings is 2. The first kappa shape index (κ1) is 10.5. The van der Waals surface area contributed by atoms with Gasteiger partial charge in [0, 0.05) is 30.2 Å². The van der Waals surface area contributed by atoms with E-state index in [4.69, 9.17) is 11.6 Å². The van der Waals surface area contributed by atoms with Crippen molar-refractivity contribution in [3.8, 4) is 0 Å². The molecular weight excluding hydrogens is 270 g/mol. The van der Waals surface area contributed by atoms with Crippen LogP contribution in [0, 0.1) is 0 Å². The molecule has 2 N–H and O–H groups in total. The monoisotopic (exact) mass is 279 g/mol. The van der Waals surface area contributed by atoms with Crippen LogP contribution in [0.1, 0.15) is 23.1 Å². The van der Waals surface area contributed by atoms with E-state index in [2.05, 4.69) is 20.3 Å². The van der Waals surface area contributed by atoms with Gasteiger partial charge in [-0.25, -0.2) is 9.97 Å². The minimum absolute atomic E-state index is 0.0112. The van der Waals surface area contributed by atoms with Crippen LogP contribution in [0.15, 0.2) is 17.9 Å². The van der Waals surface area contributed by atoms with Gasteiger partial charge in [0.05, 0.1) is 23.8 Å². The molecule has 1 aliphatic heterocycles. The topological polar surface area (TPSA) is 58.0 Å². The Labute approximate surface area is 112 Å². The highest BCUT2D eigenvalue weighted by Gasteiger charge is 2.29. The highest BCUT2D eigenvalue weighted by molar-refractivity contribution is 7.15. The molecule has 4 rings (SSSR count). The van der Waals surface area contributed by atoms with Crippen LogP contribution in [-0.4, -0.2) is 25.9 Å². The van der Waals surface area contributed by atoms with Gasteiger partial charge in [-0.05, 0) is 0 Å².